The van der Waals surface area contributed by atoms with Gasteiger partial charge in [0.25, 0.3) is 0 Å². The highest BCUT2D eigenvalue weighted by molar-refractivity contribution is 9.09. The van der Waals surface area contributed by atoms with E-state index in [1.165, 1.54) is 0 Å². The molecule has 0 saturated heterocycles. The Morgan fingerprint density at radius 1 is 1.35 bits per heavy atom. The number of Topliss-reactive ketones (excluding diaryl/α,β-unsaturated/α-hetero) is 1. The molecule has 0 aromatic heterocycles. The molecule has 0 amide bonds. The summed E-state index contributed by atoms with van der Waals surface area (Å²) in [4.78, 5) is 12.0. The molecule has 0 heterocycles. The first-order chi connectivity index (χ1) is 8.11. The van der Waals surface area contributed by atoms with Gasteiger partial charge in [-0.15, -0.1) is 0 Å². The lowest BCUT2D eigenvalue weighted by molar-refractivity contribution is -0.111. The van der Waals surface area contributed by atoms with E-state index >= 15 is 0 Å². The molecule has 0 radical (unpaired) electrons. The number of aryl methyl sites for hydroxylation is 1. The van der Waals surface area contributed by atoms with E-state index in [0.29, 0.717) is 23.3 Å². The van der Waals surface area contributed by atoms with Gasteiger partial charge in [0.1, 0.15) is 5.76 Å². The Morgan fingerprint density at radius 2 is 2.00 bits per heavy atom. The van der Waals surface area contributed by atoms with E-state index in [1.807, 2.05) is 45.0 Å². The number of carbonyl (C=O) groups excluding carboxylic acids is 1. The minimum absolute atomic E-state index is 0.0465. The van der Waals surface area contributed by atoms with Crippen molar-refractivity contribution in [1.82, 2.24) is 0 Å². The van der Waals surface area contributed by atoms with Crippen LogP contribution in [0.2, 0.25) is 0 Å². The third-order valence-electron chi connectivity index (χ3n) is 2.53. The van der Waals surface area contributed by atoms with Crippen LogP contribution in [0.1, 0.15) is 25.0 Å². The van der Waals surface area contributed by atoms with Crippen molar-refractivity contribution in [2.45, 2.75) is 20.8 Å². The maximum Gasteiger partial charge on any atom is 0.177 e. The number of alkyl halides is 1. The topological polar surface area (TPSA) is 26.3 Å². The molecule has 0 unspecified atom stereocenters. The van der Waals surface area contributed by atoms with E-state index in [0.717, 1.165) is 11.1 Å². The second-order valence-electron chi connectivity index (χ2n) is 3.74. The second kappa shape index (κ2) is 6.60. The Kier molecular flexibility index (Phi) is 5.42. The molecule has 92 valence electrons. The van der Waals surface area contributed by atoms with Gasteiger partial charge < -0.3 is 4.74 Å². The van der Waals surface area contributed by atoms with Gasteiger partial charge in [0.15, 0.2) is 5.78 Å². The maximum absolute atomic E-state index is 12.0. The van der Waals surface area contributed by atoms with E-state index in [4.69, 9.17) is 4.74 Å². The van der Waals surface area contributed by atoms with Gasteiger partial charge in [-0.25, -0.2) is 0 Å². The molecule has 0 atom stereocenters. The van der Waals surface area contributed by atoms with Crippen molar-refractivity contribution < 1.29 is 9.53 Å². The van der Waals surface area contributed by atoms with Crippen molar-refractivity contribution >= 4 is 27.3 Å². The third-order valence-corrected chi connectivity index (χ3v) is 3.04. The van der Waals surface area contributed by atoms with Gasteiger partial charge >= 0.3 is 0 Å². The predicted octanol–water partition coefficient (Wildman–Crippen LogP) is 3.73. The van der Waals surface area contributed by atoms with E-state index in [9.17, 15) is 4.79 Å². The summed E-state index contributed by atoms with van der Waals surface area (Å²) in [5, 5.41) is 0.307. The lowest BCUT2D eigenvalue weighted by Gasteiger charge is -2.13. The Morgan fingerprint density at radius 3 is 2.53 bits per heavy atom. The van der Waals surface area contributed by atoms with Crippen molar-refractivity contribution in [3.63, 3.8) is 0 Å². The van der Waals surface area contributed by atoms with E-state index in [-0.39, 0.29) is 5.78 Å². The van der Waals surface area contributed by atoms with Crippen molar-refractivity contribution in [3.05, 3.63) is 41.2 Å². The number of ether oxygens (including phenoxy) is 1. The fraction of sp³-hybridized carbons (Fsp3) is 0.357. The molecule has 0 saturated carbocycles. The standard InChI is InChI=1S/C14H17BrO2/c1-4-17-11(3)14(13(16)9-15)12-8-6-5-7-10(12)2/h5-8H,4,9H2,1-3H3/b14-11-. The predicted molar refractivity (Wildman–Crippen MR) is 74.2 cm³/mol. The van der Waals surface area contributed by atoms with Crippen LogP contribution in [0, 0.1) is 6.92 Å². The average molecular weight is 297 g/mol. The van der Waals surface area contributed by atoms with Crippen LogP contribution in [0.25, 0.3) is 5.57 Å². The summed E-state index contributed by atoms with van der Waals surface area (Å²) < 4.78 is 5.47. The van der Waals surface area contributed by atoms with E-state index in [1.54, 1.807) is 0 Å². The highest BCUT2D eigenvalue weighted by Crippen LogP contribution is 2.24. The normalized spacial score (nSPS) is 12.0. The number of carbonyl (C=O) groups is 1. The van der Waals surface area contributed by atoms with Crippen molar-refractivity contribution in [2.24, 2.45) is 0 Å². The number of halogens is 1. The molecule has 3 heteroatoms. The summed E-state index contributed by atoms with van der Waals surface area (Å²) in [5.74, 6) is 0.733. The molecular formula is C14H17BrO2. The molecule has 0 aliphatic rings. The van der Waals surface area contributed by atoms with Crippen LogP contribution in [-0.4, -0.2) is 17.7 Å². The van der Waals surface area contributed by atoms with Crippen molar-refractivity contribution in [3.8, 4) is 0 Å². The fourth-order valence-corrected chi connectivity index (χ4v) is 2.03. The zero-order chi connectivity index (χ0) is 12.8. The molecule has 1 aromatic rings. The molecule has 0 aliphatic carbocycles. The Bertz CT molecular complexity index is 436. The molecule has 0 N–H and O–H groups in total. The third kappa shape index (κ3) is 3.43. The molecule has 0 fully saturated rings. The zero-order valence-electron chi connectivity index (χ0n) is 10.4. The van der Waals surface area contributed by atoms with Gasteiger partial charge in [0.05, 0.1) is 17.5 Å². The Balaban J connectivity index is 3.30. The number of benzene rings is 1. The smallest absolute Gasteiger partial charge is 0.177 e. The van der Waals surface area contributed by atoms with Gasteiger partial charge in [0.2, 0.25) is 0 Å². The summed E-state index contributed by atoms with van der Waals surface area (Å²) in [7, 11) is 0. The van der Waals surface area contributed by atoms with E-state index in [2.05, 4.69) is 15.9 Å². The van der Waals surface area contributed by atoms with Gasteiger partial charge in [0, 0.05) is 0 Å². The van der Waals surface area contributed by atoms with Gasteiger partial charge in [-0.05, 0) is 31.9 Å². The lowest BCUT2D eigenvalue weighted by atomic mass is 9.97. The first-order valence-corrected chi connectivity index (χ1v) is 6.72. The minimum atomic E-state index is 0.0465. The molecule has 1 aromatic carbocycles. The number of hydrogen-bond acceptors (Lipinski definition) is 2. The molecule has 0 spiro atoms. The van der Waals surface area contributed by atoms with Crippen molar-refractivity contribution in [1.29, 1.82) is 0 Å². The molecule has 17 heavy (non-hydrogen) atoms. The van der Waals surface area contributed by atoms with E-state index < -0.39 is 0 Å². The fourth-order valence-electron chi connectivity index (χ4n) is 1.75. The summed E-state index contributed by atoms with van der Waals surface area (Å²) in [6.45, 7) is 6.32. The number of allylic oxidation sites excluding steroid dienone is 2. The highest BCUT2D eigenvalue weighted by Gasteiger charge is 2.16. The SMILES string of the molecule is CCO/C(C)=C(\C(=O)CBr)c1ccccc1C. The molecular weight excluding hydrogens is 280 g/mol. The first-order valence-electron chi connectivity index (χ1n) is 5.60. The average Bonchev–Trinajstić information content (AvgIpc) is 2.32. The molecule has 0 bridgehead atoms. The first kappa shape index (κ1) is 14.0. The van der Waals surface area contributed by atoms with Crippen LogP contribution in [0.15, 0.2) is 30.0 Å². The largest absolute Gasteiger partial charge is 0.498 e. The Hall–Kier alpha value is -1.09. The van der Waals surface area contributed by atoms with Crippen LogP contribution < -0.4 is 0 Å². The van der Waals surface area contributed by atoms with Crippen molar-refractivity contribution in [2.75, 3.05) is 11.9 Å². The molecule has 0 aliphatic heterocycles. The second-order valence-corrected chi connectivity index (χ2v) is 4.30. The molecule has 2 nitrogen and oxygen atoms in total. The highest BCUT2D eigenvalue weighted by atomic mass is 79.9. The summed E-state index contributed by atoms with van der Waals surface area (Å²) in [6, 6.07) is 7.85. The number of ketones is 1. The number of hydrogen-bond donors (Lipinski definition) is 0. The maximum atomic E-state index is 12.0. The molecule has 1 rings (SSSR count). The van der Waals surface area contributed by atoms with Gasteiger partial charge in [-0.2, -0.15) is 0 Å². The van der Waals surface area contributed by atoms with Crippen LogP contribution in [0.3, 0.4) is 0 Å². The Labute approximate surface area is 111 Å². The quantitative estimate of drug-likeness (QED) is 0.470. The van der Waals surface area contributed by atoms with Gasteiger partial charge in [-0.1, -0.05) is 40.2 Å². The summed E-state index contributed by atoms with van der Waals surface area (Å²) in [6.07, 6.45) is 0. The lowest BCUT2D eigenvalue weighted by Crippen LogP contribution is -2.08. The number of rotatable bonds is 5. The monoisotopic (exact) mass is 296 g/mol. The van der Waals surface area contributed by atoms with Gasteiger partial charge in [-0.3, -0.25) is 4.79 Å². The summed E-state index contributed by atoms with van der Waals surface area (Å²) >= 11 is 3.22. The minimum Gasteiger partial charge on any atom is -0.498 e. The summed E-state index contributed by atoms with van der Waals surface area (Å²) in [5.41, 5.74) is 2.69. The van der Waals surface area contributed by atoms with Crippen LogP contribution in [0.4, 0.5) is 0 Å². The zero-order valence-corrected chi connectivity index (χ0v) is 12.0. The van der Waals surface area contributed by atoms with Crippen LogP contribution in [-0.2, 0) is 9.53 Å². The van der Waals surface area contributed by atoms with Crippen LogP contribution in [0.5, 0.6) is 0 Å². The van der Waals surface area contributed by atoms with Crippen LogP contribution >= 0.6 is 15.9 Å².